The standard InChI is InChI=1S/C12H24N4O3/c1-3-16(4-2)9-8-15-12(19)11(18)14-7-5-6-13-10-17/h10H,3-9H2,1-2H3,(H,13,17)(H,14,18)(H,15,19). The summed E-state index contributed by atoms with van der Waals surface area (Å²) in [7, 11) is 0. The molecule has 0 aliphatic rings. The van der Waals surface area contributed by atoms with Gasteiger partial charge in [0.1, 0.15) is 0 Å². The molecule has 0 atom stereocenters. The van der Waals surface area contributed by atoms with Crippen LogP contribution in [0.5, 0.6) is 0 Å². The molecule has 0 aromatic rings. The highest BCUT2D eigenvalue weighted by atomic mass is 16.2. The Hall–Kier alpha value is -1.63. The fraction of sp³-hybridized carbons (Fsp3) is 0.750. The van der Waals surface area contributed by atoms with E-state index < -0.39 is 11.8 Å². The van der Waals surface area contributed by atoms with Crippen molar-refractivity contribution in [3.05, 3.63) is 0 Å². The third-order valence-corrected chi connectivity index (χ3v) is 2.68. The zero-order chi connectivity index (χ0) is 14.5. The minimum atomic E-state index is -0.634. The van der Waals surface area contributed by atoms with E-state index in [0.717, 1.165) is 19.6 Å². The summed E-state index contributed by atoms with van der Waals surface area (Å²) >= 11 is 0. The third-order valence-electron chi connectivity index (χ3n) is 2.68. The molecule has 19 heavy (non-hydrogen) atoms. The molecule has 7 nitrogen and oxygen atoms in total. The lowest BCUT2D eigenvalue weighted by atomic mass is 10.4. The minimum absolute atomic E-state index is 0.364. The molecular formula is C12H24N4O3. The van der Waals surface area contributed by atoms with Crippen LogP contribution >= 0.6 is 0 Å². The highest BCUT2D eigenvalue weighted by molar-refractivity contribution is 6.35. The number of likely N-dealkylation sites (N-methyl/N-ethyl adjacent to an activating group) is 1. The molecule has 0 saturated heterocycles. The highest BCUT2D eigenvalue weighted by Crippen LogP contribution is 1.84. The third kappa shape index (κ3) is 9.01. The predicted octanol–water partition coefficient (Wildman–Crippen LogP) is -1.30. The maximum Gasteiger partial charge on any atom is 0.309 e. The second-order valence-electron chi connectivity index (χ2n) is 3.96. The van der Waals surface area contributed by atoms with Gasteiger partial charge in [0.05, 0.1) is 0 Å². The monoisotopic (exact) mass is 272 g/mol. The van der Waals surface area contributed by atoms with Gasteiger partial charge < -0.3 is 20.9 Å². The number of rotatable bonds is 10. The van der Waals surface area contributed by atoms with Gasteiger partial charge in [0.15, 0.2) is 0 Å². The second-order valence-corrected chi connectivity index (χ2v) is 3.96. The molecule has 3 N–H and O–H groups in total. The van der Waals surface area contributed by atoms with E-state index in [1.165, 1.54) is 0 Å². The maximum atomic E-state index is 11.4. The quantitative estimate of drug-likeness (QED) is 0.262. The van der Waals surface area contributed by atoms with Crippen molar-refractivity contribution in [3.8, 4) is 0 Å². The smallest absolute Gasteiger partial charge is 0.309 e. The van der Waals surface area contributed by atoms with Gasteiger partial charge in [-0.3, -0.25) is 14.4 Å². The topological polar surface area (TPSA) is 90.5 Å². The molecule has 0 radical (unpaired) electrons. The van der Waals surface area contributed by atoms with E-state index in [4.69, 9.17) is 0 Å². The lowest BCUT2D eigenvalue weighted by Crippen LogP contribution is -2.43. The predicted molar refractivity (Wildman–Crippen MR) is 72.5 cm³/mol. The van der Waals surface area contributed by atoms with E-state index in [2.05, 4.69) is 20.9 Å². The minimum Gasteiger partial charge on any atom is -0.359 e. The number of hydrogen-bond acceptors (Lipinski definition) is 4. The van der Waals surface area contributed by atoms with Crippen LogP contribution in [0.2, 0.25) is 0 Å². The van der Waals surface area contributed by atoms with Crippen LogP contribution in [0, 0.1) is 0 Å². The summed E-state index contributed by atoms with van der Waals surface area (Å²) in [6.07, 6.45) is 1.19. The molecule has 7 heteroatoms. The van der Waals surface area contributed by atoms with E-state index in [1.807, 2.05) is 13.8 Å². The van der Waals surface area contributed by atoms with Crippen molar-refractivity contribution < 1.29 is 14.4 Å². The molecule has 0 aromatic heterocycles. The molecule has 0 aromatic carbocycles. The Kier molecular flexibility index (Phi) is 10.5. The maximum absolute atomic E-state index is 11.4. The Morgan fingerprint density at radius 3 is 2.11 bits per heavy atom. The lowest BCUT2D eigenvalue weighted by Gasteiger charge is -2.17. The van der Waals surface area contributed by atoms with Crippen LogP contribution in [0.15, 0.2) is 0 Å². The van der Waals surface area contributed by atoms with E-state index in [9.17, 15) is 14.4 Å². The first-order valence-corrected chi connectivity index (χ1v) is 6.61. The molecule has 0 saturated carbocycles. The fourth-order valence-electron chi connectivity index (χ4n) is 1.48. The van der Waals surface area contributed by atoms with E-state index in [1.54, 1.807) is 0 Å². The van der Waals surface area contributed by atoms with Crippen molar-refractivity contribution in [1.29, 1.82) is 0 Å². The van der Waals surface area contributed by atoms with E-state index in [0.29, 0.717) is 32.5 Å². The molecule has 0 fully saturated rings. The van der Waals surface area contributed by atoms with Gasteiger partial charge in [0.25, 0.3) is 0 Å². The van der Waals surface area contributed by atoms with Crippen LogP contribution in [0.25, 0.3) is 0 Å². The van der Waals surface area contributed by atoms with Gasteiger partial charge in [-0.2, -0.15) is 0 Å². The molecule has 0 bridgehead atoms. The Bertz CT molecular complexity index is 280. The molecule has 110 valence electrons. The SMILES string of the molecule is CCN(CC)CCNC(=O)C(=O)NCCCNC=O. The molecular weight excluding hydrogens is 248 g/mol. The van der Waals surface area contributed by atoms with Crippen LogP contribution in [-0.2, 0) is 14.4 Å². The molecule has 0 unspecified atom stereocenters. The van der Waals surface area contributed by atoms with E-state index >= 15 is 0 Å². The first-order valence-electron chi connectivity index (χ1n) is 6.61. The van der Waals surface area contributed by atoms with Crippen molar-refractivity contribution in [3.63, 3.8) is 0 Å². The number of nitrogens with zero attached hydrogens (tertiary/aromatic N) is 1. The Morgan fingerprint density at radius 2 is 1.58 bits per heavy atom. The number of amides is 3. The number of nitrogens with one attached hydrogen (secondary N) is 3. The van der Waals surface area contributed by atoms with E-state index in [-0.39, 0.29) is 0 Å². The molecule has 0 aliphatic heterocycles. The van der Waals surface area contributed by atoms with Crippen LogP contribution in [0.4, 0.5) is 0 Å². The summed E-state index contributed by atoms with van der Waals surface area (Å²) < 4.78 is 0. The van der Waals surface area contributed by atoms with Gasteiger partial charge in [-0.15, -0.1) is 0 Å². The average molecular weight is 272 g/mol. The van der Waals surface area contributed by atoms with Crippen molar-refractivity contribution in [2.75, 3.05) is 39.3 Å². The molecule has 0 aliphatic carbocycles. The second kappa shape index (κ2) is 11.5. The van der Waals surface area contributed by atoms with Crippen LogP contribution in [-0.4, -0.2) is 62.4 Å². The Balaban J connectivity index is 3.64. The first kappa shape index (κ1) is 17.4. The number of carbonyl (C=O) groups excluding carboxylic acids is 3. The normalized spacial score (nSPS) is 10.1. The summed E-state index contributed by atoms with van der Waals surface area (Å²) in [6.45, 7) is 7.97. The van der Waals surface area contributed by atoms with Crippen LogP contribution < -0.4 is 16.0 Å². The Labute approximate surface area is 114 Å². The van der Waals surface area contributed by atoms with Gasteiger partial charge in [-0.25, -0.2) is 0 Å². The number of carbonyl (C=O) groups is 3. The molecule has 0 heterocycles. The van der Waals surface area contributed by atoms with Gasteiger partial charge in [-0.05, 0) is 19.5 Å². The summed E-state index contributed by atoms with van der Waals surface area (Å²) in [6, 6.07) is 0. The first-order chi connectivity index (χ1) is 9.15. The molecule has 0 spiro atoms. The molecule has 0 rings (SSSR count). The summed E-state index contributed by atoms with van der Waals surface area (Å²) in [5, 5.41) is 7.53. The zero-order valence-corrected chi connectivity index (χ0v) is 11.7. The van der Waals surface area contributed by atoms with Crippen molar-refractivity contribution >= 4 is 18.2 Å². The van der Waals surface area contributed by atoms with Gasteiger partial charge in [-0.1, -0.05) is 13.8 Å². The highest BCUT2D eigenvalue weighted by Gasteiger charge is 2.11. The number of hydrogen-bond donors (Lipinski definition) is 3. The molecule has 3 amide bonds. The zero-order valence-electron chi connectivity index (χ0n) is 11.7. The van der Waals surface area contributed by atoms with Crippen LogP contribution in [0.3, 0.4) is 0 Å². The summed E-state index contributed by atoms with van der Waals surface area (Å²) in [5.41, 5.74) is 0. The largest absolute Gasteiger partial charge is 0.359 e. The lowest BCUT2D eigenvalue weighted by molar-refractivity contribution is -0.139. The van der Waals surface area contributed by atoms with Gasteiger partial charge in [0.2, 0.25) is 6.41 Å². The van der Waals surface area contributed by atoms with Crippen molar-refractivity contribution in [2.24, 2.45) is 0 Å². The summed E-state index contributed by atoms with van der Waals surface area (Å²) in [5.74, 6) is -1.25. The average Bonchev–Trinajstić information content (AvgIpc) is 2.43. The Morgan fingerprint density at radius 1 is 1.00 bits per heavy atom. The summed E-state index contributed by atoms with van der Waals surface area (Å²) in [4.78, 5) is 34.9. The van der Waals surface area contributed by atoms with Crippen molar-refractivity contribution in [1.82, 2.24) is 20.9 Å². The van der Waals surface area contributed by atoms with Crippen LogP contribution in [0.1, 0.15) is 20.3 Å². The van der Waals surface area contributed by atoms with Crippen molar-refractivity contribution in [2.45, 2.75) is 20.3 Å². The van der Waals surface area contributed by atoms with Gasteiger partial charge in [0, 0.05) is 26.2 Å². The fourth-order valence-corrected chi connectivity index (χ4v) is 1.48. The van der Waals surface area contributed by atoms with Gasteiger partial charge >= 0.3 is 11.8 Å².